The second kappa shape index (κ2) is 11.2. The van der Waals surface area contributed by atoms with Crippen LogP contribution in [0.3, 0.4) is 0 Å². The number of benzene rings is 2. The number of esters is 1. The molecule has 0 atom stereocenters. The van der Waals surface area contributed by atoms with E-state index in [1.165, 1.54) is 17.7 Å². The lowest BCUT2D eigenvalue weighted by Crippen LogP contribution is -2.41. The van der Waals surface area contributed by atoms with Gasteiger partial charge in [0.2, 0.25) is 0 Å². The van der Waals surface area contributed by atoms with Gasteiger partial charge < -0.3 is 19.1 Å². The van der Waals surface area contributed by atoms with Crippen molar-refractivity contribution in [3.8, 4) is 5.69 Å². The van der Waals surface area contributed by atoms with Gasteiger partial charge in [0.1, 0.15) is 5.82 Å². The molecule has 208 valence electrons. The van der Waals surface area contributed by atoms with Gasteiger partial charge in [0, 0.05) is 48.5 Å². The van der Waals surface area contributed by atoms with E-state index in [2.05, 4.69) is 15.7 Å². The fraction of sp³-hybridized carbons (Fsp3) is 0.467. The van der Waals surface area contributed by atoms with Gasteiger partial charge in [-0.05, 0) is 101 Å². The molecule has 9 heteroatoms. The second-order valence-electron chi connectivity index (χ2n) is 11.6. The first-order valence-electron chi connectivity index (χ1n) is 13.6. The van der Waals surface area contributed by atoms with E-state index in [-0.39, 0.29) is 24.5 Å². The first-order chi connectivity index (χ1) is 18.6. The number of hydrogen-bond donors (Lipinski definition) is 0. The van der Waals surface area contributed by atoms with Crippen molar-refractivity contribution >= 4 is 34.5 Å². The largest absolute Gasteiger partial charge is 0.444 e. The number of rotatable bonds is 7. The predicted octanol–water partition coefficient (Wildman–Crippen LogP) is 5.89. The Bertz CT molecular complexity index is 1340. The van der Waals surface area contributed by atoms with Crippen LogP contribution in [0.2, 0.25) is 5.02 Å². The van der Waals surface area contributed by atoms with Gasteiger partial charge in [0.25, 0.3) is 0 Å². The Balaban J connectivity index is 1.17. The number of ether oxygens (including phenoxy) is 1. The molecule has 0 N–H and O–H groups in total. The summed E-state index contributed by atoms with van der Waals surface area (Å²) in [5, 5.41) is 1.84. The number of nitrogens with zero attached hydrogens (tertiary/aromatic N) is 4. The lowest BCUT2D eigenvalue weighted by Gasteiger charge is -2.33. The SMILES string of the molecule is CC(C)(C)C(=O)OCN1CCN(CCN2CCC(c3cn(-c4ccc(F)cc4)c4ccc(Cl)cc34)CC2)C1=O. The minimum absolute atomic E-state index is 0.00632. The molecule has 0 saturated carbocycles. The monoisotopic (exact) mass is 554 g/mol. The summed E-state index contributed by atoms with van der Waals surface area (Å²) in [7, 11) is 0. The van der Waals surface area contributed by atoms with E-state index in [1.54, 1.807) is 37.8 Å². The fourth-order valence-corrected chi connectivity index (χ4v) is 5.58. The minimum atomic E-state index is -0.587. The zero-order valence-electron chi connectivity index (χ0n) is 22.8. The Kier molecular flexibility index (Phi) is 7.87. The molecule has 39 heavy (non-hydrogen) atoms. The molecule has 0 radical (unpaired) electrons. The van der Waals surface area contributed by atoms with E-state index in [0.29, 0.717) is 30.6 Å². The average molecular weight is 555 g/mol. The molecule has 3 aromatic rings. The Hall–Kier alpha value is -3.10. The van der Waals surface area contributed by atoms with E-state index < -0.39 is 5.41 Å². The Morgan fingerprint density at radius 3 is 2.38 bits per heavy atom. The lowest BCUT2D eigenvalue weighted by atomic mass is 9.89. The van der Waals surface area contributed by atoms with Gasteiger partial charge >= 0.3 is 12.0 Å². The zero-order valence-corrected chi connectivity index (χ0v) is 23.6. The summed E-state index contributed by atoms with van der Waals surface area (Å²) in [4.78, 5) is 30.7. The number of urea groups is 1. The number of carbonyl (C=O) groups excluding carboxylic acids is 2. The molecule has 0 bridgehead atoms. The van der Waals surface area contributed by atoms with Crippen molar-refractivity contribution in [2.24, 2.45) is 5.41 Å². The number of fused-ring (bicyclic) bond motifs is 1. The highest BCUT2D eigenvalue weighted by molar-refractivity contribution is 6.31. The van der Waals surface area contributed by atoms with Gasteiger partial charge in [-0.25, -0.2) is 9.18 Å². The maximum Gasteiger partial charge on any atom is 0.322 e. The number of piperidine rings is 1. The number of hydrogen-bond acceptors (Lipinski definition) is 4. The van der Waals surface area contributed by atoms with Gasteiger partial charge in [-0.15, -0.1) is 0 Å². The smallest absolute Gasteiger partial charge is 0.322 e. The van der Waals surface area contributed by atoms with Crippen LogP contribution in [-0.4, -0.2) is 77.3 Å². The van der Waals surface area contributed by atoms with E-state index in [4.69, 9.17) is 16.3 Å². The van der Waals surface area contributed by atoms with Crippen LogP contribution >= 0.6 is 11.6 Å². The standard InChI is InChI=1S/C30H36ClFN4O3/c1-30(2,3)28(37)39-20-35-17-16-34(29(35)38)15-14-33-12-10-21(11-13-33)26-19-36(24-7-5-23(32)6-8-24)27-9-4-22(31)18-25(26)27/h4-9,18-19,21H,10-17,20H2,1-3H3. The van der Waals surface area contributed by atoms with Gasteiger partial charge in [-0.3, -0.25) is 9.69 Å². The highest BCUT2D eigenvalue weighted by Gasteiger charge is 2.32. The van der Waals surface area contributed by atoms with Crippen LogP contribution in [0, 0.1) is 11.2 Å². The van der Waals surface area contributed by atoms with E-state index in [1.807, 2.05) is 23.1 Å². The van der Waals surface area contributed by atoms with Crippen LogP contribution in [0.1, 0.15) is 45.1 Å². The first-order valence-corrected chi connectivity index (χ1v) is 14.0. The van der Waals surface area contributed by atoms with Gasteiger partial charge in [0.05, 0.1) is 10.9 Å². The molecule has 2 aromatic carbocycles. The van der Waals surface area contributed by atoms with Crippen molar-refractivity contribution in [1.29, 1.82) is 0 Å². The number of likely N-dealkylation sites (tertiary alicyclic amines) is 1. The molecule has 2 aliphatic rings. The molecule has 0 aliphatic carbocycles. The number of amides is 2. The molecule has 2 fully saturated rings. The topological polar surface area (TPSA) is 58.0 Å². The van der Waals surface area contributed by atoms with Crippen molar-refractivity contribution in [3.05, 3.63) is 65.1 Å². The summed E-state index contributed by atoms with van der Waals surface area (Å²) in [6, 6.07) is 12.4. The van der Waals surface area contributed by atoms with Crippen molar-refractivity contribution in [3.63, 3.8) is 0 Å². The van der Waals surface area contributed by atoms with Crippen LogP contribution in [0.15, 0.2) is 48.7 Å². The third-order valence-electron chi connectivity index (χ3n) is 7.76. The third kappa shape index (κ3) is 6.07. The average Bonchev–Trinajstić information content (AvgIpc) is 3.46. The highest BCUT2D eigenvalue weighted by atomic mass is 35.5. The van der Waals surface area contributed by atoms with Gasteiger partial charge in [-0.1, -0.05) is 11.6 Å². The van der Waals surface area contributed by atoms with E-state index in [9.17, 15) is 14.0 Å². The number of aromatic nitrogens is 1. The maximum absolute atomic E-state index is 13.5. The Morgan fingerprint density at radius 2 is 1.69 bits per heavy atom. The molecule has 1 aromatic heterocycles. The predicted molar refractivity (Wildman–Crippen MR) is 151 cm³/mol. The van der Waals surface area contributed by atoms with Crippen LogP contribution in [0.25, 0.3) is 16.6 Å². The maximum atomic E-state index is 13.5. The summed E-state index contributed by atoms with van der Waals surface area (Å²) in [6.45, 7) is 9.99. The quantitative estimate of drug-likeness (QED) is 0.342. The van der Waals surface area contributed by atoms with Gasteiger partial charge in [0.15, 0.2) is 6.73 Å². The lowest BCUT2D eigenvalue weighted by molar-refractivity contribution is -0.156. The van der Waals surface area contributed by atoms with Crippen molar-refractivity contribution in [2.75, 3.05) is 46.0 Å². The molecule has 0 spiro atoms. The van der Waals surface area contributed by atoms with Crippen molar-refractivity contribution < 1.29 is 18.7 Å². The summed E-state index contributed by atoms with van der Waals surface area (Å²) in [6.07, 6.45) is 4.20. The molecule has 0 unspecified atom stereocenters. The van der Waals surface area contributed by atoms with E-state index >= 15 is 0 Å². The van der Waals surface area contributed by atoms with Crippen molar-refractivity contribution in [2.45, 2.75) is 39.5 Å². The molecule has 5 rings (SSSR count). The summed E-state index contributed by atoms with van der Waals surface area (Å²) in [5.41, 5.74) is 2.67. The Morgan fingerprint density at radius 1 is 1.00 bits per heavy atom. The number of halogens is 2. The van der Waals surface area contributed by atoms with Crippen LogP contribution in [0.5, 0.6) is 0 Å². The van der Waals surface area contributed by atoms with Crippen LogP contribution < -0.4 is 0 Å². The second-order valence-corrected chi connectivity index (χ2v) is 12.0. The molecule has 2 aliphatic heterocycles. The summed E-state index contributed by atoms with van der Waals surface area (Å²) in [5.74, 6) is -0.164. The summed E-state index contributed by atoms with van der Waals surface area (Å²) >= 11 is 6.38. The normalized spacial score (nSPS) is 17.4. The summed E-state index contributed by atoms with van der Waals surface area (Å²) < 4.78 is 21.0. The molecular weight excluding hydrogens is 519 g/mol. The molecular formula is C30H36ClFN4O3. The van der Waals surface area contributed by atoms with E-state index in [0.717, 1.165) is 49.1 Å². The van der Waals surface area contributed by atoms with Gasteiger partial charge in [-0.2, -0.15) is 0 Å². The highest BCUT2D eigenvalue weighted by Crippen LogP contribution is 2.37. The third-order valence-corrected chi connectivity index (χ3v) is 8.00. The van der Waals surface area contributed by atoms with Crippen LogP contribution in [0.4, 0.5) is 9.18 Å². The number of carbonyl (C=O) groups is 2. The van der Waals surface area contributed by atoms with Crippen molar-refractivity contribution in [1.82, 2.24) is 19.3 Å². The minimum Gasteiger partial charge on any atom is -0.444 e. The molecule has 7 nitrogen and oxygen atoms in total. The molecule has 3 heterocycles. The Labute approximate surface area is 234 Å². The fourth-order valence-electron chi connectivity index (χ4n) is 5.41. The molecule has 2 amide bonds. The molecule has 2 saturated heterocycles. The zero-order chi connectivity index (χ0) is 27.7. The van der Waals surface area contributed by atoms with Crippen LogP contribution in [-0.2, 0) is 9.53 Å². The first kappa shape index (κ1) is 27.5.